The minimum Gasteiger partial charge on any atom is -0.439 e. The first-order valence-corrected chi connectivity index (χ1v) is 7.21. The molecular formula is C17H22Cl2FN3O2. The molecule has 0 fully saturated rings. The zero-order chi connectivity index (χ0) is 17.0. The molecule has 0 saturated carbocycles. The molecule has 0 spiro atoms. The van der Waals surface area contributed by atoms with Crippen molar-refractivity contribution in [3.63, 3.8) is 0 Å². The quantitative estimate of drug-likeness (QED) is 0.822. The molecule has 3 N–H and O–H groups in total. The Bertz CT molecular complexity index is 674. The lowest BCUT2D eigenvalue weighted by Crippen LogP contribution is -2.45. The van der Waals surface area contributed by atoms with Crippen molar-refractivity contribution >= 4 is 36.4 Å². The summed E-state index contributed by atoms with van der Waals surface area (Å²) >= 11 is 0. The standard InChI is InChI=1S/C17H20FN3O2.2ClH/c1-17(2,3)15(19)16(22)21-12-6-9-14(20-10-12)23-13-7-4-11(18)5-8-13;;/h4-10,15H,19H2,1-3H3,(H,21,22);2*1H/t15-;;/m1../s1. The van der Waals surface area contributed by atoms with E-state index >= 15 is 0 Å². The smallest absolute Gasteiger partial charge is 0.241 e. The van der Waals surface area contributed by atoms with E-state index in [0.717, 1.165) is 0 Å². The molecule has 0 aliphatic carbocycles. The van der Waals surface area contributed by atoms with Crippen LogP contribution in [-0.4, -0.2) is 16.9 Å². The summed E-state index contributed by atoms with van der Waals surface area (Å²) in [5.41, 5.74) is 6.10. The fraction of sp³-hybridized carbons (Fsp3) is 0.294. The third-order valence-corrected chi connectivity index (χ3v) is 3.26. The number of carbonyl (C=O) groups excluding carboxylic acids is 1. The Hall–Kier alpha value is -1.89. The Morgan fingerprint density at radius 2 is 1.76 bits per heavy atom. The van der Waals surface area contributed by atoms with Crippen molar-refractivity contribution in [2.24, 2.45) is 11.1 Å². The van der Waals surface area contributed by atoms with E-state index in [4.69, 9.17) is 10.5 Å². The van der Waals surface area contributed by atoms with Crippen molar-refractivity contribution in [1.82, 2.24) is 4.98 Å². The molecule has 0 bridgehead atoms. The average molecular weight is 390 g/mol. The number of carbonyl (C=O) groups is 1. The third kappa shape index (κ3) is 6.86. The molecule has 138 valence electrons. The second-order valence-corrected chi connectivity index (χ2v) is 6.27. The summed E-state index contributed by atoms with van der Waals surface area (Å²) in [6.45, 7) is 5.69. The van der Waals surface area contributed by atoms with E-state index in [1.807, 2.05) is 20.8 Å². The summed E-state index contributed by atoms with van der Waals surface area (Å²) in [4.78, 5) is 16.1. The normalized spacial score (nSPS) is 11.6. The number of pyridine rings is 1. The molecule has 0 aliphatic rings. The molecule has 5 nitrogen and oxygen atoms in total. The molecule has 0 aliphatic heterocycles. The molecule has 2 aromatic rings. The highest BCUT2D eigenvalue weighted by molar-refractivity contribution is 5.95. The van der Waals surface area contributed by atoms with Crippen LogP contribution in [0.25, 0.3) is 0 Å². The highest BCUT2D eigenvalue weighted by atomic mass is 35.5. The number of amides is 1. The van der Waals surface area contributed by atoms with Crippen LogP contribution in [-0.2, 0) is 4.79 Å². The van der Waals surface area contributed by atoms with Crippen molar-refractivity contribution in [3.05, 3.63) is 48.4 Å². The molecule has 0 unspecified atom stereocenters. The summed E-state index contributed by atoms with van der Waals surface area (Å²) in [5, 5.41) is 2.72. The number of halogens is 3. The molecule has 1 amide bonds. The van der Waals surface area contributed by atoms with Gasteiger partial charge in [-0.15, -0.1) is 24.8 Å². The molecule has 0 saturated heterocycles. The number of nitrogens with zero attached hydrogens (tertiary/aromatic N) is 1. The maximum atomic E-state index is 12.8. The number of ether oxygens (including phenoxy) is 1. The number of nitrogens with one attached hydrogen (secondary N) is 1. The Morgan fingerprint density at radius 1 is 1.16 bits per heavy atom. The van der Waals surface area contributed by atoms with Gasteiger partial charge in [0.25, 0.3) is 0 Å². The van der Waals surface area contributed by atoms with E-state index in [1.165, 1.54) is 30.5 Å². The number of nitrogens with two attached hydrogens (primary N) is 1. The highest BCUT2D eigenvalue weighted by Crippen LogP contribution is 2.22. The fourth-order valence-corrected chi connectivity index (χ4v) is 1.75. The number of anilines is 1. The number of hydrogen-bond donors (Lipinski definition) is 2. The molecule has 1 atom stereocenters. The average Bonchev–Trinajstić information content (AvgIpc) is 2.50. The first-order valence-electron chi connectivity index (χ1n) is 7.21. The van der Waals surface area contributed by atoms with Gasteiger partial charge in [0.1, 0.15) is 11.6 Å². The van der Waals surface area contributed by atoms with E-state index in [9.17, 15) is 9.18 Å². The third-order valence-electron chi connectivity index (χ3n) is 3.26. The van der Waals surface area contributed by atoms with Crippen LogP contribution in [0.4, 0.5) is 10.1 Å². The van der Waals surface area contributed by atoms with Gasteiger partial charge >= 0.3 is 0 Å². The topological polar surface area (TPSA) is 77.2 Å². The minimum absolute atomic E-state index is 0. The van der Waals surface area contributed by atoms with Crippen LogP contribution in [0.1, 0.15) is 20.8 Å². The van der Waals surface area contributed by atoms with Crippen LogP contribution in [0.5, 0.6) is 11.6 Å². The monoisotopic (exact) mass is 389 g/mol. The van der Waals surface area contributed by atoms with Gasteiger partial charge in [0, 0.05) is 6.07 Å². The van der Waals surface area contributed by atoms with E-state index in [0.29, 0.717) is 17.3 Å². The molecule has 0 radical (unpaired) electrons. The Labute approximate surface area is 159 Å². The van der Waals surface area contributed by atoms with Crippen LogP contribution in [0.2, 0.25) is 0 Å². The Balaban J connectivity index is 0.00000288. The largest absolute Gasteiger partial charge is 0.439 e. The predicted octanol–water partition coefficient (Wildman–Crippen LogP) is 4.17. The van der Waals surface area contributed by atoms with Gasteiger partial charge in [0.05, 0.1) is 17.9 Å². The van der Waals surface area contributed by atoms with E-state index in [-0.39, 0.29) is 42.0 Å². The molecule has 25 heavy (non-hydrogen) atoms. The lowest BCUT2D eigenvalue weighted by atomic mass is 9.87. The van der Waals surface area contributed by atoms with Gasteiger partial charge in [-0.3, -0.25) is 4.79 Å². The number of hydrogen-bond acceptors (Lipinski definition) is 4. The zero-order valence-electron chi connectivity index (χ0n) is 14.2. The van der Waals surface area contributed by atoms with Crippen molar-refractivity contribution in [3.8, 4) is 11.6 Å². The molecule has 1 aromatic heterocycles. The second kappa shape index (κ2) is 9.56. The molecule has 1 aromatic carbocycles. The lowest BCUT2D eigenvalue weighted by Gasteiger charge is -2.25. The van der Waals surface area contributed by atoms with Gasteiger partial charge in [-0.05, 0) is 35.7 Å². The van der Waals surface area contributed by atoms with Crippen molar-refractivity contribution in [2.45, 2.75) is 26.8 Å². The first kappa shape index (κ1) is 23.1. The van der Waals surface area contributed by atoms with Crippen LogP contribution >= 0.6 is 24.8 Å². The molecule has 8 heteroatoms. The summed E-state index contributed by atoms with van der Waals surface area (Å²) in [7, 11) is 0. The van der Waals surface area contributed by atoms with Gasteiger partial charge in [0.15, 0.2) is 0 Å². The summed E-state index contributed by atoms with van der Waals surface area (Å²) < 4.78 is 18.3. The van der Waals surface area contributed by atoms with Crippen LogP contribution in [0.15, 0.2) is 42.6 Å². The van der Waals surface area contributed by atoms with Crippen molar-refractivity contribution in [1.29, 1.82) is 0 Å². The van der Waals surface area contributed by atoms with Gasteiger partial charge in [-0.1, -0.05) is 20.8 Å². The van der Waals surface area contributed by atoms with Crippen LogP contribution in [0, 0.1) is 11.2 Å². The second-order valence-electron chi connectivity index (χ2n) is 6.27. The molecule has 1 heterocycles. The van der Waals surface area contributed by atoms with Gasteiger partial charge in [-0.2, -0.15) is 0 Å². The predicted molar refractivity (Wildman–Crippen MR) is 101 cm³/mol. The van der Waals surface area contributed by atoms with E-state index in [2.05, 4.69) is 10.3 Å². The minimum atomic E-state index is -0.627. The van der Waals surface area contributed by atoms with E-state index in [1.54, 1.807) is 12.1 Å². The zero-order valence-corrected chi connectivity index (χ0v) is 15.8. The van der Waals surface area contributed by atoms with Gasteiger partial charge in [-0.25, -0.2) is 9.37 Å². The number of rotatable bonds is 4. The van der Waals surface area contributed by atoms with Gasteiger partial charge < -0.3 is 15.8 Å². The Kier molecular flexibility index (Phi) is 8.83. The van der Waals surface area contributed by atoms with Gasteiger partial charge in [0.2, 0.25) is 11.8 Å². The van der Waals surface area contributed by atoms with E-state index < -0.39 is 6.04 Å². The SMILES string of the molecule is CC(C)(C)[C@H](N)C(=O)Nc1ccc(Oc2ccc(F)cc2)nc1.Cl.Cl. The fourth-order valence-electron chi connectivity index (χ4n) is 1.75. The van der Waals surface area contributed by atoms with Crippen molar-refractivity contribution in [2.75, 3.05) is 5.32 Å². The number of aromatic nitrogens is 1. The van der Waals surface area contributed by atoms with Crippen LogP contribution in [0.3, 0.4) is 0 Å². The Morgan fingerprint density at radius 3 is 2.24 bits per heavy atom. The number of benzene rings is 1. The first-order chi connectivity index (χ1) is 10.8. The maximum Gasteiger partial charge on any atom is 0.241 e. The maximum absolute atomic E-state index is 12.8. The summed E-state index contributed by atoms with van der Waals surface area (Å²) in [6.07, 6.45) is 1.48. The summed E-state index contributed by atoms with van der Waals surface area (Å²) in [5.74, 6) is 0.213. The summed E-state index contributed by atoms with van der Waals surface area (Å²) in [6, 6.07) is 8.28. The highest BCUT2D eigenvalue weighted by Gasteiger charge is 2.27. The van der Waals surface area contributed by atoms with Crippen molar-refractivity contribution < 1.29 is 13.9 Å². The molecular weight excluding hydrogens is 368 g/mol. The lowest BCUT2D eigenvalue weighted by molar-refractivity contribution is -0.119. The van der Waals surface area contributed by atoms with Crippen LogP contribution < -0.4 is 15.8 Å². The molecule has 2 rings (SSSR count).